The van der Waals surface area contributed by atoms with Crippen LogP contribution in [0.25, 0.3) is 0 Å². The molecule has 1 atom stereocenters. The van der Waals surface area contributed by atoms with E-state index in [1.165, 1.54) is 6.07 Å². The molecule has 2 N–H and O–H groups in total. The highest BCUT2D eigenvalue weighted by Crippen LogP contribution is 2.18. The van der Waals surface area contributed by atoms with E-state index >= 15 is 0 Å². The quantitative estimate of drug-likeness (QED) is 0.878. The first-order valence-corrected chi connectivity index (χ1v) is 6.94. The van der Waals surface area contributed by atoms with Crippen molar-refractivity contribution in [3.63, 3.8) is 0 Å². The van der Waals surface area contributed by atoms with E-state index in [0.717, 1.165) is 0 Å². The Labute approximate surface area is 112 Å². The maximum absolute atomic E-state index is 13.6. The number of hydrogen-bond donors (Lipinski definition) is 1. The molecule has 0 saturated carbocycles. The maximum Gasteiger partial charge on any atom is 0.129 e. The first-order valence-electron chi connectivity index (χ1n) is 5.24. The number of anilines is 1. The van der Waals surface area contributed by atoms with Crippen LogP contribution in [0.5, 0.6) is 0 Å². The number of hydrogen-bond acceptors (Lipinski definition) is 2. The van der Waals surface area contributed by atoms with Crippen molar-refractivity contribution in [1.82, 2.24) is 0 Å². The van der Waals surface area contributed by atoms with Crippen molar-refractivity contribution in [2.24, 2.45) is 0 Å². The lowest BCUT2D eigenvalue weighted by Gasteiger charge is -2.05. The molecule has 0 aliphatic carbocycles. The molecule has 2 rings (SSSR count). The van der Waals surface area contributed by atoms with E-state index in [1.54, 1.807) is 36.4 Å². The Balaban J connectivity index is 2.18. The summed E-state index contributed by atoms with van der Waals surface area (Å²) >= 11 is 5.75. The Bertz CT molecular complexity index is 586. The Hall–Kier alpha value is -1.39. The molecule has 0 spiro atoms. The lowest BCUT2D eigenvalue weighted by atomic mass is 10.2. The summed E-state index contributed by atoms with van der Waals surface area (Å²) in [5.41, 5.74) is 6.20. The standard InChI is InChI=1S/C13H11ClFNOS/c14-10-2-5-12(6-3-10)18(17)8-9-1-4-11(16)7-13(9)15/h1-7H,8,16H2. The summed E-state index contributed by atoms with van der Waals surface area (Å²) in [6, 6.07) is 11.0. The van der Waals surface area contributed by atoms with Crippen LogP contribution in [0.4, 0.5) is 10.1 Å². The predicted molar refractivity (Wildman–Crippen MR) is 72.4 cm³/mol. The van der Waals surface area contributed by atoms with Gasteiger partial charge >= 0.3 is 0 Å². The molecule has 94 valence electrons. The van der Waals surface area contributed by atoms with Gasteiger partial charge in [-0.15, -0.1) is 0 Å². The fourth-order valence-electron chi connectivity index (χ4n) is 1.49. The Morgan fingerprint density at radius 2 is 1.83 bits per heavy atom. The molecule has 1 unspecified atom stereocenters. The van der Waals surface area contributed by atoms with E-state index in [0.29, 0.717) is 21.2 Å². The molecule has 0 bridgehead atoms. The van der Waals surface area contributed by atoms with Crippen molar-refractivity contribution < 1.29 is 8.60 Å². The SMILES string of the molecule is Nc1ccc(CS(=O)c2ccc(Cl)cc2)c(F)c1. The molecule has 18 heavy (non-hydrogen) atoms. The Kier molecular flexibility index (Phi) is 3.99. The van der Waals surface area contributed by atoms with E-state index in [4.69, 9.17) is 17.3 Å². The first-order chi connectivity index (χ1) is 8.56. The fraction of sp³-hybridized carbons (Fsp3) is 0.0769. The second-order valence-corrected chi connectivity index (χ2v) is 5.68. The van der Waals surface area contributed by atoms with Crippen molar-refractivity contribution in [2.45, 2.75) is 10.6 Å². The van der Waals surface area contributed by atoms with Crippen LogP contribution < -0.4 is 5.73 Å². The lowest BCUT2D eigenvalue weighted by Crippen LogP contribution is -2.00. The molecule has 0 fully saturated rings. The van der Waals surface area contributed by atoms with Gasteiger partial charge in [0.05, 0.1) is 16.6 Å². The van der Waals surface area contributed by atoms with E-state index in [1.807, 2.05) is 0 Å². The summed E-state index contributed by atoms with van der Waals surface area (Å²) in [6.45, 7) is 0. The Morgan fingerprint density at radius 3 is 2.44 bits per heavy atom. The van der Waals surface area contributed by atoms with Gasteiger partial charge in [-0.1, -0.05) is 17.7 Å². The highest BCUT2D eigenvalue weighted by atomic mass is 35.5. The second-order valence-electron chi connectivity index (χ2n) is 3.79. The fourth-order valence-corrected chi connectivity index (χ4v) is 2.74. The van der Waals surface area contributed by atoms with Gasteiger partial charge in [-0.3, -0.25) is 4.21 Å². The van der Waals surface area contributed by atoms with Gasteiger partial charge < -0.3 is 5.73 Å². The van der Waals surface area contributed by atoms with Crippen LogP contribution in [-0.4, -0.2) is 4.21 Å². The van der Waals surface area contributed by atoms with Crippen LogP contribution in [0.15, 0.2) is 47.4 Å². The monoisotopic (exact) mass is 283 g/mol. The highest BCUT2D eigenvalue weighted by molar-refractivity contribution is 7.84. The van der Waals surface area contributed by atoms with Crippen LogP contribution in [0.3, 0.4) is 0 Å². The molecule has 2 aromatic carbocycles. The average Bonchev–Trinajstić information content (AvgIpc) is 2.33. The third kappa shape index (κ3) is 3.09. The molecule has 0 radical (unpaired) electrons. The summed E-state index contributed by atoms with van der Waals surface area (Å²) in [5, 5.41) is 0.578. The number of halogens is 2. The maximum atomic E-state index is 13.6. The third-order valence-corrected chi connectivity index (χ3v) is 4.06. The van der Waals surface area contributed by atoms with E-state index in [-0.39, 0.29) is 5.75 Å². The predicted octanol–water partition coefficient (Wildman–Crippen LogP) is 3.37. The van der Waals surface area contributed by atoms with Crippen LogP contribution in [0.1, 0.15) is 5.56 Å². The molecule has 0 aliphatic rings. The van der Waals surface area contributed by atoms with Gasteiger partial charge in [0, 0.05) is 21.2 Å². The van der Waals surface area contributed by atoms with Gasteiger partial charge in [0.2, 0.25) is 0 Å². The van der Waals surface area contributed by atoms with Gasteiger partial charge in [-0.2, -0.15) is 0 Å². The van der Waals surface area contributed by atoms with Crippen LogP contribution in [0.2, 0.25) is 5.02 Å². The zero-order valence-corrected chi connectivity index (χ0v) is 11.0. The molecule has 5 heteroatoms. The Morgan fingerprint density at radius 1 is 1.17 bits per heavy atom. The van der Waals surface area contributed by atoms with Crippen LogP contribution >= 0.6 is 11.6 Å². The van der Waals surface area contributed by atoms with Gasteiger partial charge in [0.1, 0.15) is 5.82 Å². The lowest BCUT2D eigenvalue weighted by molar-refractivity contribution is 0.616. The second kappa shape index (κ2) is 5.50. The van der Waals surface area contributed by atoms with E-state index in [2.05, 4.69) is 0 Å². The van der Waals surface area contributed by atoms with Crippen LogP contribution in [-0.2, 0) is 16.6 Å². The summed E-state index contributed by atoms with van der Waals surface area (Å²) in [7, 11) is -1.30. The molecule has 2 nitrogen and oxygen atoms in total. The molecule has 0 aromatic heterocycles. The molecule has 0 aliphatic heterocycles. The van der Waals surface area contributed by atoms with Crippen molar-refractivity contribution in [2.75, 3.05) is 5.73 Å². The largest absolute Gasteiger partial charge is 0.399 e. The topological polar surface area (TPSA) is 43.1 Å². The summed E-state index contributed by atoms with van der Waals surface area (Å²) in [4.78, 5) is 0.621. The van der Waals surface area contributed by atoms with Crippen molar-refractivity contribution in [3.05, 3.63) is 58.9 Å². The van der Waals surface area contributed by atoms with Crippen molar-refractivity contribution >= 4 is 28.1 Å². The van der Waals surface area contributed by atoms with Gasteiger partial charge in [0.15, 0.2) is 0 Å². The molecule has 2 aromatic rings. The molecule has 0 heterocycles. The summed E-state index contributed by atoms with van der Waals surface area (Å²) in [5.74, 6) is -0.314. The van der Waals surface area contributed by atoms with Gasteiger partial charge in [0.25, 0.3) is 0 Å². The van der Waals surface area contributed by atoms with E-state index in [9.17, 15) is 8.60 Å². The van der Waals surface area contributed by atoms with Gasteiger partial charge in [-0.05, 0) is 36.4 Å². The molecular weight excluding hydrogens is 273 g/mol. The number of benzene rings is 2. The van der Waals surface area contributed by atoms with Crippen molar-refractivity contribution in [3.8, 4) is 0 Å². The molecule has 0 amide bonds. The number of rotatable bonds is 3. The third-order valence-electron chi connectivity index (χ3n) is 2.44. The minimum absolute atomic E-state index is 0.119. The summed E-state index contributed by atoms with van der Waals surface area (Å²) < 4.78 is 25.6. The highest BCUT2D eigenvalue weighted by Gasteiger charge is 2.09. The minimum atomic E-state index is -1.30. The zero-order valence-electron chi connectivity index (χ0n) is 9.40. The average molecular weight is 284 g/mol. The van der Waals surface area contributed by atoms with E-state index < -0.39 is 16.6 Å². The first kappa shape index (κ1) is 13.1. The normalized spacial score (nSPS) is 12.3. The zero-order chi connectivity index (χ0) is 13.1. The number of nitrogen functional groups attached to an aromatic ring is 1. The molecule has 0 saturated heterocycles. The van der Waals surface area contributed by atoms with Gasteiger partial charge in [-0.25, -0.2) is 4.39 Å². The molecular formula is C13H11ClFNOS. The smallest absolute Gasteiger partial charge is 0.129 e. The summed E-state index contributed by atoms with van der Waals surface area (Å²) in [6.07, 6.45) is 0. The van der Waals surface area contributed by atoms with Crippen molar-refractivity contribution in [1.29, 1.82) is 0 Å². The number of nitrogens with two attached hydrogens (primary N) is 1. The van der Waals surface area contributed by atoms with Crippen LogP contribution in [0, 0.1) is 5.82 Å². The minimum Gasteiger partial charge on any atom is -0.399 e.